The predicted octanol–water partition coefficient (Wildman–Crippen LogP) is 3.77. The van der Waals surface area contributed by atoms with Crippen LogP contribution in [0.25, 0.3) is 0 Å². The van der Waals surface area contributed by atoms with Gasteiger partial charge in [0.15, 0.2) is 0 Å². The summed E-state index contributed by atoms with van der Waals surface area (Å²) in [6.07, 6.45) is 1.11. The largest absolute Gasteiger partial charge is 0.388 e. The molecule has 0 radical (unpaired) electrons. The molecule has 0 fully saturated rings. The summed E-state index contributed by atoms with van der Waals surface area (Å²) in [6.45, 7) is 4.35. The molecule has 0 saturated heterocycles. The van der Waals surface area contributed by atoms with Crippen molar-refractivity contribution in [1.82, 2.24) is 0 Å². The summed E-state index contributed by atoms with van der Waals surface area (Å²) in [5.41, 5.74) is 0.926. The monoisotopic (exact) mass is 254 g/mol. The van der Waals surface area contributed by atoms with Crippen molar-refractivity contribution in [3.63, 3.8) is 0 Å². The van der Waals surface area contributed by atoms with E-state index in [9.17, 15) is 10.1 Å². The molecule has 0 aromatic heterocycles. The molecule has 0 aliphatic rings. The van der Waals surface area contributed by atoms with Crippen LogP contribution in [0.4, 0.5) is 11.4 Å². The highest BCUT2D eigenvalue weighted by Crippen LogP contribution is 2.28. The molecule has 0 spiro atoms. The van der Waals surface area contributed by atoms with Gasteiger partial charge in [0.1, 0.15) is 0 Å². The summed E-state index contributed by atoms with van der Waals surface area (Å²) in [5.74, 6) is 1.65. The van der Waals surface area contributed by atoms with Gasteiger partial charge in [0.2, 0.25) is 0 Å². The molecule has 0 aliphatic carbocycles. The van der Waals surface area contributed by atoms with Crippen molar-refractivity contribution in [1.29, 1.82) is 0 Å². The average molecular weight is 254 g/mol. The fourth-order valence-corrected chi connectivity index (χ4v) is 2.57. The highest BCUT2D eigenvalue weighted by atomic mass is 32.2. The van der Waals surface area contributed by atoms with Crippen molar-refractivity contribution in [2.24, 2.45) is 5.92 Å². The molecule has 1 aromatic rings. The summed E-state index contributed by atoms with van der Waals surface area (Å²) >= 11 is 1.67. The number of nitro benzene ring substituents is 1. The maximum atomic E-state index is 10.8. The van der Waals surface area contributed by atoms with Crippen molar-refractivity contribution in [2.75, 3.05) is 18.1 Å². The Balaban J connectivity index is 2.76. The first-order valence-corrected chi connectivity index (χ1v) is 6.61. The molecule has 17 heavy (non-hydrogen) atoms. The van der Waals surface area contributed by atoms with Crippen LogP contribution in [0.2, 0.25) is 0 Å². The van der Waals surface area contributed by atoms with Crippen LogP contribution in [0.15, 0.2) is 23.1 Å². The second-order valence-corrected chi connectivity index (χ2v) is 5.42. The van der Waals surface area contributed by atoms with E-state index >= 15 is 0 Å². The highest BCUT2D eigenvalue weighted by Gasteiger charge is 2.09. The number of thioether (sulfide) groups is 1. The van der Waals surface area contributed by atoms with Gasteiger partial charge in [-0.05, 0) is 24.2 Å². The van der Waals surface area contributed by atoms with Crippen molar-refractivity contribution < 1.29 is 4.92 Å². The first-order chi connectivity index (χ1) is 8.02. The molecule has 0 heterocycles. The molecule has 1 N–H and O–H groups in total. The van der Waals surface area contributed by atoms with Crippen LogP contribution in [-0.4, -0.2) is 17.7 Å². The summed E-state index contributed by atoms with van der Waals surface area (Å²) in [5, 5.41) is 13.7. The van der Waals surface area contributed by atoms with E-state index in [0.29, 0.717) is 5.92 Å². The van der Waals surface area contributed by atoms with Crippen LogP contribution in [0.1, 0.15) is 20.3 Å². The fraction of sp³-hybridized carbons (Fsp3) is 0.500. The Morgan fingerprint density at radius 1 is 1.41 bits per heavy atom. The van der Waals surface area contributed by atoms with Crippen molar-refractivity contribution in [3.05, 3.63) is 28.3 Å². The Morgan fingerprint density at radius 3 is 2.65 bits per heavy atom. The molecule has 0 amide bonds. The van der Waals surface area contributed by atoms with Gasteiger partial charge >= 0.3 is 0 Å². The number of hydrogen-bond donors (Lipinski definition) is 1. The molecular weight excluding hydrogens is 236 g/mol. The Morgan fingerprint density at radius 2 is 2.12 bits per heavy atom. The quantitative estimate of drug-likeness (QED) is 0.477. The number of non-ortho nitro benzene ring substituents is 1. The van der Waals surface area contributed by atoms with E-state index in [2.05, 4.69) is 19.2 Å². The van der Waals surface area contributed by atoms with Gasteiger partial charge in [-0.15, -0.1) is 11.8 Å². The molecule has 0 bridgehead atoms. The first-order valence-electron chi connectivity index (χ1n) is 5.63. The lowest BCUT2D eigenvalue weighted by molar-refractivity contribution is -0.385. The van der Waals surface area contributed by atoms with Crippen LogP contribution in [0.5, 0.6) is 0 Å². The number of benzene rings is 1. The fourth-order valence-electron chi connectivity index (χ4n) is 1.33. The van der Waals surface area contributed by atoms with Gasteiger partial charge in [0.05, 0.1) is 4.92 Å². The van der Waals surface area contributed by atoms with Crippen LogP contribution in [0.3, 0.4) is 0 Å². The van der Waals surface area contributed by atoms with E-state index in [-0.39, 0.29) is 10.6 Å². The number of nitro groups is 1. The van der Waals surface area contributed by atoms with Gasteiger partial charge in [-0.25, -0.2) is 0 Å². The van der Waals surface area contributed by atoms with Gasteiger partial charge < -0.3 is 5.32 Å². The maximum Gasteiger partial charge on any atom is 0.272 e. The molecule has 0 aliphatic heterocycles. The Kier molecular flexibility index (Phi) is 5.28. The Bertz CT molecular complexity index is 394. The lowest BCUT2D eigenvalue weighted by Crippen LogP contribution is -1.94. The minimum atomic E-state index is -0.354. The zero-order valence-electron chi connectivity index (χ0n) is 10.4. The lowest BCUT2D eigenvalue weighted by Gasteiger charge is -2.06. The summed E-state index contributed by atoms with van der Waals surface area (Å²) < 4.78 is 0. The van der Waals surface area contributed by atoms with Crippen molar-refractivity contribution in [2.45, 2.75) is 25.2 Å². The zero-order valence-corrected chi connectivity index (χ0v) is 11.2. The third-order valence-corrected chi connectivity index (χ3v) is 3.36. The molecule has 1 rings (SSSR count). The maximum absolute atomic E-state index is 10.8. The molecule has 0 unspecified atom stereocenters. The lowest BCUT2D eigenvalue weighted by atomic mass is 10.2. The van der Waals surface area contributed by atoms with Crippen LogP contribution in [0, 0.1) is 16.0 Å². The Hall–Kier alpha value is -1.23. The van der Waals surface area contributed by atoms with E-state index in [1.54, 1.807) is 30.9 Å². The number of nitrogens with one attached hydrogen (secondary N) is 1. The predicted molar refractivity (Wildman–Crippen MR) is 72.8 cm³/mol. The third-order valence-electron chi connectivity index (χ3n) is 2.35. The van der Waals surface area contributed by atoms with E-state index < -0.39 is 0 Å². The molecule has 0 atom stereocenters. The van der Waals surface area contributed by atoms with Gasteiger partial charge in [0, 0.05) is 29.8 Å². The van der Waals surface area contributed by atoms with E-state index in [1.165, 1.54) is 0 Å². The molecule has 5 heteroatoms. The van der Waals surface area contributed by atoms with E-state index in [4.69, 9.17) is 0 Å². The number of anilines is 1. The van der Waals surface area contributed by atoms with Crippen LogP contribution >= 0.6 is 11.8 Å². The normalized spacial score (nSPS) is 10.6. The summed E-state index contributed by atoms with van der Waals surface area (Å²) in [7, 11) is 1.77. The number of rotatable bonds is 6. The second kappa shape index (κ2) is 6.49. The molecule has 0 saturated carbocycles. The average Bonchev–Trinajstić information content (AvgIpc) is 2.28. The molecule has 94 valence electrons. The molecule has 1 aromatic carbocycles. The van der Waals surface area contributed by atoms with Crippen molar-refractivity contribution >= 4 is 23.1 Å². The third kappa shape index (κ3) is 4.65. The summed E-state index contributed by atoms with van der Waals surface area (Å²) in [6, 6.07) is 5.12. The first kappa shape index (κ1) is 13.8. The van der Waals surface area contributed by atoms with Crippen molar-refractivity contribution in [3.8, 4) is 0 Å². The van der Waals surface area contributed by atoms with Crippen LogP contribution in [-0.2, 0) is 0 Å². The molecular formula is C12H18N2O2S. The second-order valence-electron chi connectivity index (χ2n) is 4.25. The topological polar surface area (TPSA) is 55.2 Å². The minimum Gasteiger partial charge on any atom is -0.388 e. The molecule has 4 nitrogen and oxygen atoms in total. The van der Waals surface area contributed by atoms with E-state index in [1.807, 2.05) is 6.07 Å². The summed E-state index contributed by atoms with van der Waals surface area (Å²) in [4.78, 5) is 11.4. The number of nitrogens with zero attached hydrogens (tertiary/aromatic N) is 1. The van der Waals surface area contributed by atoms with Gasteiger partial charge in [-0.2, -0.15) is 0 Å². The van der Waals surface area contributed by atoms with Gasteiger partial charge in [0.25, 0.3) is 5.69 Å². The SMILES string of the molecule is CNc1cc(SCCC(C)C)cc([N+](=O)[O-])c1. The van der Waals surface area contributed by atoms with E-state index in [0.717, 1.165) is 22.8 Å². The van der Waals surface area contributed by atoms with Crippen LogP contribution < -0.4 is 5.32 Å². The number of hydrogen-bond acceptors (Lipinski definition) is 4. The smallest absolute Gasteiger partial charge is 0.272 e. The van der Waals surface area contributed by atoms with Gasteiger partial charge in [-0.3, -0.25) is 10.1 Å². The standard InChI is InChI=1S/C12H18N2O2S/c1-9(2)4-5-17-12-7-10(13-3)6-11(8-12)14(15)16/h6-9,13H,4-5H2,1-3H3. The highest BCUT2D eigenvalue weighted by molar-refractivity contribution is 7.99. The zero-order chi connectivity index (χ0) is 12.8. The Labute approximate surface area is 106 Å². The minimum absolute atomic E-state index is 0.142. The van der Waals surface area contributed by atoms with Gasteiger partial charge in [-0.1, -0.05) is 13.8 Å².